The fourth-order valence-corrected chi connectivity index (χ4v) is 1.76. The van der Waals surface area contributed by atoms with Crippen LogP contribution in [0.5, 0.6) is 0 Å². The van der Waals surface area contributed by atoms with Crippen molar-refractivity contribution in [1.82, 2.24) is 0 Å². The summed E-state index contributed by atoms with van der Waals surface area (Å²) in [6.07, 6.45) is 0.990. The van der Waals surface area contributed by atoms with Gasteiger partial charge in [-0.05, 0) is 31.5 Å². The largest absolute Gasteiger partial charge is 0.389 e. The van der Waals surface area contributed by atoms with Crippen molar-refractivity contribution in [3.63, 3.8) is 0 Å². The fourth-order valence-electron chi connectivity index (χ4n) is 1.64. The maximum atomic E-state index is 13.8. The summed E-state index contributed by atoms with van der Waals surface area (Å²) < 4.78 is 13.8. The Morgan fingerprint density at radius 3 is 2.56 bits per heavy atom. The van der Waals surface area contributed by atoms with Crippen molar-refractivity contribution in [2.24, 2.45) is 5.73 Å². The first-order valence-electron chi connectivity index (χ1n) is 5.44. The van der Waals surface area contributed by atoms with Crippen LogP contribution in [0.2, 0.25) is 0 Å². The molecule has 0 atom stereocenters. The van der Waals surface area contributed by atoms with Gasteiger partial charge in [0, 0.05) is 18.7 Å². The number of thiocarbonyl (C=S) groups is 1. The lowest BCUT2D eigenvalue weighted by molar-refractivity contribution is 0.617. The van der Waals surface area contributed by atoms with Crippen molar-refractivity contribution in [2.45, 2.75) is 20.3 Å². The van der Waals surface area contributed by atoms with Crippen LogP contribution in [0.25, 0.3) is 0 Å². The lowest BCUT2D eigenvalue weighted by Gasteiger charge is -2.23. The summed E-state index contributed by atoms with van der Waals surface area (Å²) in [5.41, 5.74) is 6.64. The van der Waals surface area contributed by atoms with Crippen LogP contribution < -0.4 is 10.6 Å². The molecule has 0 amide bonds. The summed E-state index contributed by atoms with van der Waals surface area (Å²) in [5, 5.41) is 0. The number of nitrogens with two attached hydrogens (primary N) is 1. The molecule has 0 radical (unpaired) electrons. The Labute approximate surface area is 101 Å². The van der Waals surface area contributed by atoms with E-state index in [-0.39, 0.29) is 10.8 Å². The molecule has 0 aliphatic rings. The van der Waals surface area contributed by atoms with E-state index in [1.54, 1.807) is 12.1 Å². The summed E-state index contributed by atoms with van der Waals surface area (Å²) in [7, 11) is 0. The highest BCUT2D eigenvalue weighted by Crippen LogP contribution is 2.20. The van der Waals surface area contributed by atoms with Gasteiger partial charge in [0.15, 0.2) is 0 Å². The summed E-state index contributed by atoms with van der Waals surface area (Å²) in [6.45, 7) is 5.72. The molecule has 0 saturated heterocycles. The summed E-state index contributed by atoms with van der Waals surface area (Å²) in [6, 6.07) is 4.90. The number of benzene rings is 1. The zero-order valence-corrected chi connectivity index (χ0v) is 10.5. The van der Waals surface area contributed by atoms with Crippen LogP contribution in [0.1, 0.15) is 25.8 Å². The Balaban J connectivity index is 3.01. The van der Waals surface area contributed by atoms with Crippen molar-refractivity contribution < 1.29 is 4.39 Å². The van der Waals surface area contributed by atoms with Crippen molar-refractivity contribution in [1.29, 1.82) is 0 Å². The number of anilines is 1. The average molecular weight is 240 g/mol. The van der Waals surface area contributed by atoms with Crippen LogP contribution in [0.4, 0.5) is 10.1 Å². The highest BCUT2D eigenvalue weighted by Gasteiger charge is 2.10. The Morgan fingerprint density at radius 1 is 1.44 bits per heavy atom. The van der Waals surface area contributed by atoms with E-state index >= 15 is 0 Å². The topological polar surface area (TPSA) is 29.3 Å². The Bertz CT molecular complexity index is 379. The van der Waals surface area contributed by atoms with E-state index in [9.17, 15) is 4.39 Å². The molecule has 2 nitrogen and oxygen atoms in total. The maximum Gasteiger partial charge on any atom is 0.147 e. The summed E-state index contributed by atoms with van der Waals surface area (Å²) in [4.78, 5) is 2.22. The van der Waals surface area contributed by atoms with Gasteiger partial charge in [-0.25, -0.2) is 4.39 Å². The molecule has 88 valence electrons. The molecule has 1 aromatic rings. The first kappa shape index (κ1) is 12.9. The quantitative estimate of drug-likeness (QED) is 0.802. The number of halogens is 1. The molecule has 16 heavy (non-hydrogen) atoms. The monoisotopic (exact) mass is 240 g/mol. The van der Waals surface area contributed by atoms with E-state index in [2.05, 4.69) is 6.92 Å². The molecule has 0 spiro atoms. The van der Waals surface area contributed by atoms with Crippen LogP contribution in [0, 0.1) is 5.82 Å². The second kappa shape index (κ2) is 5.80. The van der Waals surface area contributed by atoms with E-state index in [1.165, 1.54) is 6.07 Å². The minimum absolute atomic E-state index is 0.226. The molecule has 0 fully saturated rings. The van der Waals surface area contributed by atoms with Crippen molar-refractivity contribution >= 4 is 22.9 Å². The summed E-state index contributed by atoms with van der Waals surface area (Å²) in [5.74, 6) is -0.263. The van der Waals surface area contributed by atoms with Crippen LogP contribution in [0.3, 0.4) is 0 Å². The van der Waals surface area contributed by atoms with Crippen LogP contribution >= 0.6 is 12.2 Å². The third-order valence-electron chi connectivity index (χ3n) is 2.45. The van der Waals surface area contributed by atoms with Crippen molar-refractivity contribution in [3.8, 4) is 0 Å². The SMILES string of the molecule is CCCN(CC)c1ccc(C(N)=S)cc1F. The van der Waals surface area contributed by atoms with Gasteiger partial charge in [-0.2, -0.15) is 0 Å². The molecule has 0 unspecified atom stereocenters. The van der Waals surface area contributed by atoms with Gasteiger partial charge in [0.25, 0.3) is 0 Å². The maximum absolute atomic E-state index is 13.8. The molecule has 0 aliphatic carbocycles. The lowest BCUT2D eigenvalue weighted by atomic mass is 10.1. The van der Waals surface area contributed by atoms with Crippen LogP contribution in [0.15, 0.2) is 18.2 Å². The standard InChI is InChI=1S/C12H17FN2S/c1-3-7-15(4-2)11-6-5-9(12(14)16)8-10(11)13/h5-6,8H,3-4,7H2,1-2H3,(H2,14,16). The van der Waals surface area contributed by atoms with Gasteiger partial charge in [-0.3, -0.25) is 0 Å². The van der Waals surface area contributed by atoms with Crippen molar-refractivity contribution in [2.75, 3.05) is 18.0 Å². The second-order valence-corrected chi connectivity index (χ2v) is 4.05. The van der Waals surface area contributed by atoms with Crippen LogP contribution in [-0.4, -0.2) is 18.1 Å². The first-order valence-corrected chi connectivity index (χ1v) is 5.85. The molecule has 0 aliphatic heterocycles. The van der Waals surface area contributed by atoms with Gasteiger partial charge in [0.2, 0.25) is 0 Å². The van der Waals surface area contributed by atoms with Gasteiger partial charge in [0.05, 0.1) is 5.69 Å². The lowest BCUT2D eigenvalue weighted by Crippen LogP contribution is -2.24. The van der Waals surface area contributed by atoms with Gasteiger partial charge < -0.3 is 10.6 Å². The number of rotatable bonds is 5. The fraction of sp³-hybridized carbons (Fsp3) is 0.417. The van der Waals surface area contributed by atoms with Gasteiger partial charge in [0.1, 0.15) is 10.8 Å². The average Bonchev–Trinajstić information content (AvgIpc) is 2.26. The van der Waals surface area contributed by atoms with E-state index < -0.39 is 0 Å². The molecule has 0 aromatic heterocycles. The Kier molecular flexibility index (Phi) is 4.68. The highest BCUT2D eigenvalue weighted by atomic mass is 32.1. The molecule has 0 heterocycles. The van der Waals surface area contributed by atoms with Crippen LogP contribution in [-0.2, 0) is 0 Å². The number of hydrogen-bond donors (Lipinski definition) is 1. The smallest absolute Gasteiger partial charge is 0.147 e. The second-order valence-electron chi connectivity index (χ2n) is 3.61. The molecular formula is C12H17FN2S. The predicted molar refractivity (Wildman–Crippen MR) is 70.5 cm³/mol. The van der Waals surface area contributed by atoms with E-state index in [1.807, 2.05) is 11.8 Å². The molecule has 1 aromatic carbocycles. The van der Waals surface area contributed by atoms with E-state index in [4.69, 9.17) is 18.0 Å². The molecule has 2 N–H and O–H groups in total. The normalized spacial score (nSPS) is 10.2. The predicted octanol–water partition coefficient (Wildman–Crippen LogP) is 2.70. The zero-order valence-electron chi connectivity index (χ0n) is 9.66. The number of hydrogen-bond acceptors (Lipinski definition) is 2. The first-order chi connectivity index (χ1) is 7.60. The molecular weight excluding hydrogens is 223 g/mol. The molecule has 4 heteroatoms. The molecule has 1 rings (SSSR count). The summed E-state index contributed by atoms with van der Waals surface area (Å²) >= 11 is 4.81. The van der Waals surface area contributed by atoms with Gasteiger partial charge in [-0.15, -0.1) is 0 Å². The van der Waals surface area contributed by atoms with E-state index in [0.717, 1.165) is 19.5 Å². The third kappa shape index (κ3) is 2.92. The van der Waals surface area contributed by atoms with Gasteiger partial charge >= 0.3 is 0 Å². The minimum atomic E-state index is -0.263. The number of nitrogens with zero attached hydrogens (tertiary/aromatic N) is 1. The van der Waals surface area contributed by atoms with Gasteiger partial charge in [-0.1, -0.05) is 19.1 Å². The van der Waals surface area contributed by atoms with E-state index in [0.29, 0.717) is 11.3 Å². The Hall–Kier alpha value is -1.16. The molecule has 0 bridgehead atoms. The van der Waals surface area contributed by atoms with Crippen molar-refractivity contribution in [3.05, 3.63) is 29.6 Å². The highest BCUT2D eigenvalue weighted by molar-refractivity contribution is 7.80. The zero-order chi connectivity index (χ0) is 12.1. The Morgan fingerprint density at radius 2 is 2.12 bits per heavy atom. The molecule has 0 saturated carbocycles. The minimum Gasteiger partial charge on any atom is -0.389 e. The third-order valence-corrected chi connectivity index (χ3v) is 2.68.